The van der Waals surface area contributed by atoms with Crippen molar-refractivity contribution in [2.24, 2.45) is 0 Å². The lowest BCUT2D eigenvalue weighted by Crippen LogP contribution is -2.33. The zero-order valence-electron chi connectivity index (χ0n) is 18.5. The van der Waals surface area contributed by atoms with Crippen molar-refractivity contribution >= 4 is 17.7 Å². The molecule has 1 heterocycles. The summed E-state index contributed by atoms with van der Waals surface area (Å²) in [6.07, 6.45) is 1.91. The van der Waals surface area contributed by atoms with Crippen molar-refractivity contribution in [3.63, 3.8) is 0 Å². The van der Waals surface area contributed by atoms with Crippen LogP contribution in [0.3, 0.4) is 0 Å². The quantitative estimate of drug-likeness (QED) is 0.391. The molecular formula is C24H30N4O2S. The van der Waals surface area contributed by atoms with Gasteiger partial charge in [0, 0.05) is 24.3 Å². The third-order valence-corrected chi connectivity index (χ3v) is 5.65. The van der Waals surface area contributed by atoms with Crippen LogP contribution in [0, 0.1) is 0 Å². The monoisotopic (exact) mass is 438 g/mol. The van der Waals surface area contributed by atoms with E-state index in [9.17, 15) is 4.79 Å². The first-order valence-corrected chi connectivity index (χ1v) is 11.8. The number of amides is 1. The Balaban J connectivity index is 1.90. The smallest absolute Gasteiger partial charge is 0.233 e. The van der Waals surface area contributed by atoms with Crippen LogP contribution in [-0.4, -0.2) is 51.0 Å². The number of aromatic nitrogens is 3. The molecule has 0 atom stereocenters. The summed E-state index contributed by atoms with van der Waals surface area (Å²) in [4.78, 5) is 14.7. The molecule has 0 aliphatic heterocycles. The molecule has 3 aromatic rings. The van der Waals surface area contributed by atoms with Gasteiger partial charge in [-0.05, 0) is 44.0 Å². The lowest BCUT2D eigenvalue weighted by molar-refractivity contribution is -0.128. The van der Waals surface area contributed by atoms with Crippen LogP contribution in [0.15, 0.2) is 59.8 Å². The Labute approximate surface area is 188 Å². The van der Waals surface area contributed by atoms with Crippen molar-refractivity contribution in [3.05, 3.63) is 54.6 Å². The number of hydrogen-bond acceptors (Lipinski definition) is 5. The van der Waals surface area contributed by atoms with E-state index in [1.54, 1.807) is 0 Å². The lowest BCUT2D eigenvalue weighted by atomic mass is 10.2. The summed E-state index contributed by atoms with van der Waals surface area (Å²) < 4.78 is 7.59. The molecule has 0 spiro atoms. The molecule has 0 saturated carbocycles. The summed E-state index contributed by atoms with van der Waals surface area (Å²) >= 11 is 1.43. The Morgan fingerprint density at radius 2 is 1.65 bits per heavy atom. The van der Waals surface area contributed by atoms with Gasteiger partial charge < -0.3 is 9.64 Å². The molecule has 31 heavy (non-hydrogen) atoms. The molecule has 2 aromatic carbocycles. The van der Waals surface area contributed by atoms with E-state index in [2.05, 4.69) is 24.0 Å². The number of rotatable bonds is 11. The van der Waals surface area contributed by atoms with Gasteiger partial charge in [-0.1, -0.05) is 55.9 Å². The van der Waals surface area contributed by atoms with Crippen LogP contribution in [0.1, 0.15) is 33.6 Å². The molecule has 164 valence electrons. The van der Waals surface area contributed by atoms with Crippen LogP contribution in [0.25, 0.3) is 17.1 Å². The summed E-state index contributed by atoms with van der Waals surface area (Å²) in [6, 6.07) is 17.8. The average Bonchev–Trinajstić information content (AvgIpc) is 3.22. The first kappa shape index (κ1) is 22.9. The maximum atomic E-state index is 12.8. The van der Waals surface area contributed by atoms with Crippen LogP contribution in [0.4, 0.5) is 0 Å². The number of nitrogens with zero attached hydrogens (tertiary/aromatic N) is 4. The van der Waals surface area contributed by atoms with E-state index < -0.39 is 0 Å². The third-order valence-electron chi connectivity index (χ3n) is 4.74. The average molecular weight is 439 g/mol. The molecule has 0 aliphatic rings. The van der Waals surface area contributed by atoms with E-state index in [1.807, 2.05) is 71.0 Å². The van der Waals surface area contributed by atoms with E-state index in [0.29, 0.717) is 17.5 Å². The summed E-state index contributed by atoms with van der Waals surface area (Å²) in [6.45, 7) is 8.35. The number of ether oxygens (including phenoxy) is 1. The zero-order chi connectivity index (χ0) is 22.1. The van der Waals surface area contributed by atoms with Gasteiger partial charge in [-0.15, -0.1) is 10.2 Å². The van der Waals surface area contributed by atoms with Crippen molar-refractivity contribution in [2.75, 3.05) is 25.4 Å². The Kier molecular flexibility index (Phi) is 8.53. The van der Waals surface area contributed by atoms with Crippen LogP contribution in [-0.2, 0) is 4.79 Å². The highest BCUT2D eigenvalue weighted by atomic mass is 32.2. The maximum absolute atomic E-state index is 12.8. The molecule has 7 heteroatoms. The van der Waals surface area contributed by atoms with Gasteiger partial charge in [0.05, 0.1) is 12.4 Å². The largest absolute Gasteiger partial charge is 0.494 e. The third kappa shape index (κ3) is 5.88. The molecule has 0 aliphatic carbocycles. The zero-order valence-corrected chi connectivity index (χ0v) is 19.3. The van der Waals surface area contributed by atoms with Crippen LogP contribution >= 0.6 is 11.8 Å². The molecule has 0 fully saturated rings. The molecule has 0 unspecified atom stereocenters. The fourth-order valence-corrected chi connectivity index (χ4v) is 4.20. The van der Waals surface area contributed by atoms with Gasteiger partial charge in [-0.25, -0.2) is 0 Å². The summed E-state index contributed by atoms with van der Waals surface area (Å²) in [5.74, 6) is 2.04. The van der Waals surface area contributed by atoms with Crippen molar-refractivity contribution in [1.29, 1.82) is 0 Å². The molecule has 3 rings (SSSR count). The van der Waals surface area contributed by atoms with Gasteiger partial charge in [0.25, 0.3) is 0 Å². The molecule has 0 radical (unpaired) electrons. The Bertz CT molecular complexity index is 951. The topological polar surface area (TPSA) is 60.2 Å². The number of carbonyl (C=O) groups excluding carboxylic acids is 1. The first-order chi connectivity index (χ1) is 15.2. The minimum atomic E-state index is 0.135. The van der Waals surface area contributed by atoms with Crippen molar-refractivity contribution in [2.45, 2.75) is 38.8 Å². The highest BCUT2D eigenvalue weighted by molar-refractivity contribution is 7.99. The van der Waals surface area contributed by atoms with E-state index in [0.717, 1.165) is 48.8 Å². The molecule has 0 saturated heterocycles. The summed E-state index contributed by atoms with van der Waals surface area (Å²) in [5, 5.41) is 9.58. The molecule has 6 nitrogen and oxygen atoms in total. The van der Waals surface area contributed by atoms with E-state index in [4.69, 9.17) is 4.74 Å². The maximum Gasteiger partial charge on any atom is 0.233 e. The van der Waals surface area contributed by atoms with Crippen molar-refractivity contribution in [1.82, 2.24) is 19.7 Å². The summed E-state index contributed by atoms with van der Waals surface area (Å²) in [5.41, 5.74) is 1.90. The number of hydrogen-bond donors (Lipinski definition) is 0. The Morgan fingerprint density at radius 1 is 0.968 bits per heavy atom. The van der Waals surface area contributed by atoms with Gasteiger partial charge >= 0.3 is 0 Å². The van der Waals surface area contributed by atoms with E-state index in [1.165, 1.54) is 11.8 Å². The van der Waals surface area contributed by atoms with Crippen molar-refractivity contribution < 1.29 is 9.53 Å². The van der Waals surface area contributed by atoms with Crippen LogP contribution in [0.2, 0.25) is 0 Å². The lowest BCUT2D eigenvalue weighted by Gasteiger charge is -2.21. The fourth-order valence-electron chi connectivity index (χ4n) is 3.35. The van der Waals surface area contributed by atoms with E-state index >= 15 is 0 Å². The molecule has 0 N–H and O–H groups in total. The Hall–Kier alpha value is -2.80. The predicted molar refractivity (Wildman–Crippen MR) is 126 cm³/mol. The second kappa shape index (κ2) is 11.6. The van der Waals surface area contributed by atoms with Crippen molar-refractivity contribution in [3.8, 4) is 22.8 Å². The second-order valence-corrected chi connectivity index (χ2v) is 8.05. The van der Waals surface area contributed by atoms with Gasteiger partial charge in [0.2, 0.25) is 5.91 Å². The number of carbonyl (C=O) groups is 1. The van der Waals surface area contributed by atoms with Gasteiger partial charge in [0.15, 0.2) is 11.0 Å². The van der Waals surface area contributed by atoms with Gasteiger partial charge in [0.1, 0.15) is 5.75 Å². The molecule has 1 aromatic heterocycles. The minimum Gasteiger partial charge on any atom is -0.494 e. The van der Waals surface area contributed by atoms with Gasteiger partial charge in [-0.3, -0.25) is 9.36 Å². The number of benzene rings is 2. The van der Waals surface area contributed by atoms with Gasteiger partial charge in [-0.2, -0.15) is 0 Å². The normalized spacial score (nSPS) is 10.8. The SMILES string of the molecule is CCCN(CCC)C(=O)CSc1nnc(-c2ccccc2)n1-c1ccc(OCC)cc1. The fraction of sp³-hybridized carbons (Fsp3) is 0.375. The standard InChI is InChI=1S/C24H30N4O2S/c1-4-16-27(17-5-2)22(29)18-31-24-26-25-23(19-10-8-7-9-11-19)28(24)20-12-14-21(15-13-20)30-6-3/h7-15H,4-6,16-18H2,1-3H3. The highest BCUT2D eigenvalue weighted by Gasteiger charge is 2.19. The molecule has 1 amide bonds. The molecular weight excluding hydrogens is 408 g/mol. The predicted octanol–water partition coefficient (Wildman–Crippen LogP) is 5.07. The number of thioether (sulfide) groups is 1. The Morgan fingerprint density at radius 3 is 2.26 bits per heavy atom. The molecule has 0 bridgehead atoms. The van der Waals surface area contributed by atoms with Crippen LogP contribution < -0.4 is 4.74 Å². The minimum absolute atomic E-state index is 0.135. The van der Waals surface area contributed by atoms with Crippen LogP contribution in [0.5, 0.6) is 5.75 Å². The van der Waals surface area contributed by atoms with E-state index in [-0.39, 0.29) is 5.91 Å². The highest BCUT2D eigenvalue weighted by Crippen LogP contribution is 2.29. The second-order valence-electron chi connectivity index (χ2n) is 7.10. The summed E-state index contributed by atoms with van der Waals surface area (Å²) in [7, 11) is 0. The first-order valence-electron chi connectivity index (χ1n) is 10.8.